The Bertz CT molecular complexity index is 259. The maximum atomic E-state index is 11.6. The average Bonchev–Trinajstić information content (AvgIpc) is 2.20. The van der Waals surface area contributed by atoms with Gasteiger partial charge >= 0.3 is 0 Å². The van der Waals surface area contributed by atoms with Crippen molar-refractivity contribution in [2.24, 2.45) is 0 Å². The summed E-state index contributed by atoms with van der Waals surface area (Å²) in [6.45, 7) is 4.07. The number of carbonyl (C=O) groups is 1. The summed E-state index contributed by atoms with van der Waals surface area (Å²) in [5.74, 6) is -0.232. The van der Waals surface area contributed by atoms with E-state index in [4.69, 9.17) is 4.74 Å². The lowest BCUT2D eigenvalue weighted by Gasteiger charge is -2.29. The molecule has 86 valence electrons. The van der Waals surface area contributed by atoms with E-state index in [-0.39, 0.29) is 5.78 Å². The minimum absolute atomic E-state index is 0.232. The second-order valence-electron chi connectivity index (χ2n) is 3.84. The van der Waals surface area contributed by atoms with Crippen molar-refractivity contribution in [2.75, 3.05) is 6.61 Å². The fourth-order valence-electron chi connectivity index (χ4n) is 1.52. The highest BCUT2D eigenvalue weighted by atomic mass is 16.5. The van der Waals surface area contributed by atoms with Gasteiger partial charge in [0.15, 0.2) is 5.78 Å². The summed E-state index contributed by atoms with van der Waals surface area (Å²) < 4.78 is 5.29. The molecule has 0 heterocycles. The molecule has 0 radical (unpaired) electrons. The predicted octanol–water partition coefficient (Wildman–Crippen LogP) is 0.422. The lowest BCUT2D eigenvalue weighted by molar-refractivity contribution is -0.142. The number of ether oxygens (including phenoxy) is 1. The first-order valence-electron chi connectivity index (χ1n) is 5.28. The van der Waals surface area contributed by atoms with Crippen LogP contribution in [0.5, 0.6) is 0 Å². The molecular formula is C11H18O4. The Labute approximate surface area is 89.6 Å². The molecule has 0 aromatic rings. The second-order valence-corrected chi connectivity index (χ2v) is 3.84. The zero-order valence-corrected chi connectivity index (χ0v) is 9.14. The highest BCUT2D eigenvalue weighted by molar-refractivity contribution is 5.99. The van der Waals surface area contributed by atoms with Gasteiger partial charge in [0.25, 0.3) is 0 Å². The van der Waals surface area contributed by atoms with Gasteiger partial charge in [0.1, 0.15) is 18.3 Å². The van der Waals surface area contributed by atoms with Gasteiger partial charge in [-0.25, -0.2) is 0 Å². The van der Waals surface area contributed by atoms with Crippen LogP contribution in [0.4, 0.5) is 0 Å². The molecule has 0 aromatic heterocycles. The van der Waals surface area contributed by atoms with E-state index in [0.29, 0.717) is 12.2 Å². The summed E-state index contributed by atoms with van der Waals surface area (Å²) in [5.41, 5.74) is 0.453. The van der Waals surface area contributed by atoms with E-state index in [2.05, 4.69) is 0 Å². The Morgan fingerprint density at radius 2 is 2.13 bits per heavy atom. The Morgan fingerprint density at radius 3 is 2.73 bits per heavy atom. The molecule has 1 aliphatic carbocycles. The minimum Gasteiger partial charge on any atom is -0.387 e. The summed E-state index contributed by atoms with van der Waals surface area (Å²) in [6.07, 6.45) is 0.125. The fraction of sp³-hybridized carbons (Fsp3) is 0.727. The summed E-state index contributed by atoms with van der Waals surface area (Å²) in [4.78, 5) is 11.6. The van der Waals surface area contributed by atoms with Crippen LogP contribution in [0.25, 0.3) is 0 Å². The first-order chi connectivity index (χ1) is 7.07. The fourth-order valence-corrected chi connectivity index (χ4v) is 1.52. The van der Waals surface area contributed by atoms with E-state index in [1.165, 1.54) is 6.08 Å². The molecule has 0 amide bonds. The number of rotatable bonds is 4. The van der Waals surface area contributed by atoms with Crippen LogP contribution in [-0.4, -0.2) is 40.9 Å². The number of unbranched alkanes of at least 4 members (excludes halogenated alkanes) is 1. The van der Waals surface area contributed by atoms with Crippen molar-refractivity contribution in [2.45, 2.75) is 45.0 Å². The van der Waals surface area contributed by atoms with Crippen LogP contribution in [0.15, 0.2) is 11.6 Å². The minimum atomic E-state index is -1.14. The van der Waals surface area contributed by atoms with Crippen LogP contribution in [0.1, 0.15) is 26.7 Å². The van der Waals surface area contributed by atoms with Crippen molar-refractivity contribution in [1.82, 2.24) is 0 Å². The predicted molar refractivity (Wildman–Crippen MR) is 55.4 cm³/mol. The van der Waals surface area contributed by atoms with Crippen LogP contribution in [0.2, 0.25) is 0 Å². The second kappa shape index (κ2) is 5.39. The maximum absolute atomic E-state index is 11.6. The smallest absolute Gasteiger partial charge is 0.189 e. The van der Waals surface area contributed by atoms with E-state index in [9.17, 15) is 15.0 Å². The van der Waals surface area contributed by atoms with Crippen LogP contribution in [-0.2, 0) is 9.53 Å². The van der Waals surface area contributed by atoms with Gasteiger partial charge in [-0.1, -0.05) is 13.3 Å². The maximum Gasteiger partial charge on any atom is 0.189 e. The third-order valence-electron chi connectivity index (χ3n) is 2.52. The van der Waals surface area contributed by atoms with E-state index < -0.39 is 18.3 Å². The van der Waals surface area contributed by atoms with Crippen molar-refractivity contribution in [3.63, 3.8) is 0 Å². The Kier molecular flexibility index (Phi) is 4.45. The molecule has 0 saturated heterocycles. The normalized spacial score (nSPS) is 31.6. The number of hydrogen-bond acceptors (Lipinski definition) is 4. The first-order valence-corrected chi connectivity index (χ1v) is 5.28. The van der Waals surface area contributed by atoms with Crippen molar-refractivity contribution in [3.8, 4) is 0 Å². The molecule has 0 bridgehead atoms. The third-order valence-corrected chi connectivity index (χ3v) is 2.52. The number of Topliss-reactive ketones (excluding diaryl/α,β-unsaturated/α-hetero) is 1. The summed E-state index contributed by atoms with van der Waals surface area (Å²) in [7, 11) is 0. The molecule has 0 aliphatic heterocycles. The molecule has 0 saturated carbocycles. The van der Waals surface area contributed by atoms with Crippen molar-refractivity contribution < 1.29 is 19.7 Å². The van der Waals surface area contributed by atoms with Crippen LogP contribution in [0, 0.1) is 0 Å². The highest BCUT2D eigenvalue weighted by Gasteiger charge is 2.36. The average molecular weight is 214 g/mol. The molecule has 0 unspecified atom stereocenters. The van der Waals surface area contributed by atoms with Gasteiger partial charge in [0.2, 0.25) is 0 Å². The van der Waals surface area contributed by atoms with Gasteiger partial charge in [0.05, 0.1) is 0 Å². The zero-order valence-electron chi connectivity index (χ0n) is 9.14. The number of aliphatic hydroxyl groups is 2. The first kappa shape index (κ1) is 12.4. The van der Waals surface area contributed by atoms with Gasteiger partial charge in [0, 0.05) is 6.61 Å². The lowest BCUT2D eigenvalue weighted by Crippen LogP contribution is -2.47. The van der Waals surface area contributed by atoms with Gasteiger partial charge in [-0.3, -0.25) is 4.79 Å². The summed E-state index contributed by atoms with van der Waals surface area (Å²) >= 11 is 0. The van der Waals surface area contributed by atoms with E-state index in [1.807, 2.05) is 6.92 Å². The molecule has 0 spiro atoms. The summed E-state index contributed by atoms with van der Waals surface area (Å²) in [5, 5.41) is 19.0. The molecule has 3 atom stereocenters. The third kappa shape index (κ3) is 2.87. The van der Waals surface area contributed by atoms with Gasteiger partial charge in [-0.05, 0) is 25.0 Å². The number of aliphatic hydroxyl groups excluding tert-OH is 2. The van der Waals surface area contributed by atoms with Crippen molar-refractivity contribution >= 4 is 5.78 Å². The molecule has 1 aliphatic rings. The van der Waals surface area contributed by atoms with E-state index >= 15 is 0 Å². The van der Waals surface area contributed by atoms with Crippen LogP contribution >= 0.6 is 0 Å². The van der Waals surface area contributed by atoms with E-state index in [0.717, 1.165) is 12.8 Å². The van der Waals surface area contributed by atoms with Crippen molar-refractivity contribution in [1.29, 1.82) is 0 Å². The Balaban J connectivity index is 2.62. The zero-order chi connectivity index (χ0) is 11.4. The van der Waals surface area contributed by atoms with Gasteiger partial charge in [-0.2, -0.15) is 0 Å². The Morgan fingerprint density at radius 1 is 1.47 bits per heavy atom. The molecule has 0 fully saturated rings. The molecule has 2 N–H and O–H groups in total. The highest BCUT2D eigenvalue weighted by Crippen LogP contribution is 2.18. The monoisotopic (exact) mass is 214 g/mol. The van der Waals surface area contributed by atoms with Gasteiger partial charge in [-0.15, -0.1) is 0 Å². The molecular weight excluding hydrogens is 196 g/mol. The molecule has 0 aromatic carbocycles. The number of hydrogen-bond donors (Lipinski definition) is 2. The van der Waals surface area contributed by atoms with E-state index in [1.54, 1.807) is 6.92 Å². The summed E-state index contributed by atoms with van der Waals surface area (Å²) in [6, 6.07) is 0. The molecule has 15 heavy (non-hydrogen) atoms. The molecule has 1 rings (SSSR count). The molecule has 4 heteroatoms. The van der Waals surface area contributed by atoms with Crippen LogP contribution < -0.4 is 0 Å². The van der Waals surface area contributed by atoms with Gasteiger partial charge < -0.3 is 14.9 Å². The number of carbonyl (C=O) groups excluding carboxylic acids is 1. The quantitative estimate of drug-likeness (QED) is 0.666. The van der Waals surface area contributed by atoms with Crippen LogP contribution in [0.3, 0.4) is 0 Å². The standard InChI is InChI=1S/C11H18O4/c1-3-4-5-15-11-9(13)7(2)6-8(12)10(11)14/h6,8,10-12,14H,3-5H2,1-2H3/t8-,10-,11-/m1/s1. The lowest BCUT2D eigenvalue weighted by atomic mass is 9.92. The molecule has 4 nitrogen and oxygen atoms in total. The number of ketones is 1. The Hall–Kier alpha value is -0.710. The largest absolute Gasteiger partial charge is 0.387 e. The topological polar surface area (TPSA) is 66.8 Å². The van der Waals surface area contributed by atoms with Crippen molar-refractivity contribution in [3.05, 3.63) is 11.6 Å². The SMILES string of the molecule is CCCCO[C@@H]1C(=O)C(C)=C[C@@H](O)[C@H]1O.